The smallest absolute Gasteiger partial charge is 0.343 e. The van der Waals surface area contributed by atoms with Gasteiger partial charge in [0.1, 0.15) is 12.4 Å². The van der Waals surface area contributed by atoms with Crippen LogP contribution >= 0.6 is 11.6 Å². The number of hydrogen-bond donors (Lipinski definition) is 2. The zero-order valence-corrected chi connectivity index (χ0v) is 16.3. The molecule has 0 spiro atoms. The number of hydrogen-bond acceptors (Lipinski definition) is 6. The maximum absolute atomic E-state index is 13.2. The summed E-state index contributed by atoms with van der Waals surface area (Å²) in [6, 6.07) is 6.52. The van der Waals surface area contributed by atoms with Gasteiger partial charge in [-0.15, -0.1) is 11.6 Å². The van der Waals surface area contributed by atoms with Crippen LogP contribution in [0, 0.1) is 0 Å². The Morgan fingerprint density at radius 2 is 2.07 bits per heavy atom. The molecule has 0 saturated carbocycles. The number of aromatic nitrogens is 2. The topological polar surface area (TPSA) is 102 Å². The number of phenols is 1. The van der Waals surface area contributed by atoms with E-state index in [1.54, 1.807) is 35.8 Å². The number of carbonyl (C=O) groups is 1. The van der Waals surface area contributed by atoms with Gasteiger partial charge in [0.05, 0.1) is 29.0 Å². The lowest BCUT2D eigenvalue weighted by Crippen LogP contribution is -2.44. The highest BCUT2D eigenvalue weighted by Crippen LogP contribution is 2.40. The minimum absolute atomic E-state index is 0.0892. The highest BCUT2D eigenvalue weighted by molar-refractivity contribution is 6.18. The summed E-state index contributed by atoms with van der Waals surface area (Å²) in [5.41, 5.74) is 1.74. The van der Waals surface area contributed by atoms with E-state index in [0.717, 1.165) is 16.5 Å². The van der Waals surface area contributed by atoms with E-state index in [1.807, 2.05) is 0 Å². The molecule has 0 saturated heterocycles. The number of halogens is 1. The quantitative estimate of drug-likeness (QED) is 0.387. The van der Waals surface area contributed by atoms with Gasteiger partial charge < -0.3 is 19.5 Å². The first-order valence-corrected chi connectivity index (χ1v) is 9.80. The van der Waals surface area contributed by atoms with Crippen LogP contribution in [0.1, 0.15) is 35.6 Å². The number of phenolic OH excluding ortho intramolecular Hbond substituents is 1. The van der Waals surface area contributed by atoms with Crippen LogP contribution in [0.15, 0.2) is 29.1 Å². The van der Waals surface area contributed by atoms with Crippen molar-refractivity contribution in [2.45, 2.75) is 38.0 Å². The highest BCUT2D eigenvalue weighted by Gasteiger charge is 2.45. The van der Waals surface area contributed by atoms with Crippen molar-refractivity contribution in [2.24, 2.45) is 0 Å². The second-order valence-corrected chi connectivity index (χ2v) is 7.62. The number of nitrogens with zero attached hydrogens (tertiary/aromatic N) is 2. The number of ether oxygens (including phenoxy) is 1. The number of aliphatic hydroxyl groups is 1. The zero-order valence-electron chi connectivity index (χ0n) is 15.5. The van der Waals surface area contributed by atoms with E-state index in [-0.39, 0.29) is 47.9 Å². The Hall–Kier alpha value is -2.90. The van der Waals surface area contributed by atoms with Gasteiger partial charge in [-0.25, -0.2) is 9.78 Å². The van der Waals surface area contributed by atoms with E-state index in [2.05, 4.69) is 0 Å². The van der Waals surface area contributed by atoms with Crippen LogP contribution in [0.25, 0.3) is 22.3 Å². The van der Waals surface area contributed by atoms with E-state index in [0.29, 0.717) is 16.9 Å². The average Bonchev–Trinajstić information content (AvgIpc) is 3.08. The molecule has 2 aliphatic rings. The monoisotopic (exact) mass is 412 g/mol. The maximum Gasteiger partial charge on any atom is 0.343 e. The fourth-order valence-corrected chi connectivity index (χ4v) is 4.61. The summed E-state index contributed by atoms with van der Waals surface area (Å²) in [6.07, 6.45) is 0.0892. The molecule has 2 N–H and O–H groups in total. The van der Waals surface area contributed by atoms with Crippen molar-refractivity contribution in [3.8, 4) is 17.1 Å². The predicted molar refractivity (Wildman–Crippen MR) is 106 cm³/mol. The SMILES string of the molecule is CC[C@@]1(O)C(=O)OCc2c1cc1n(c2=O)Cc2c-1nc1ccc(O)cc1c2CCl. The maximum atomic E-state index is 13.2. The molecule has 1 atom stereocenters. The molecule has 0 aliphatic carbocycles. The van der Waals surface area contributed by atoms with E-state index in [9.17, 15) is 19.8 Å². The van der Waals surface area contributed by atoms with Crippen molar-refractivity contribution in [3.63, 3.8) is 0 Å². The first-order chi connectivity index (χ1) is 13.9. The summed E-state index contributed by atoms with van der Waals surface area (Å²) >= 11 is 6.24. The number of pyridine rings is 2. The van der Waals surface area contributed by atoms with Crippen LogP contribution in [0.5, 0.6) is 5.75 Å². The normalized spacial score (nSPS) is 19.6. The Balaban J connectivity index is 1.84. The van der Waals surface area contributed by atoms with Crippen LogP contribution < -0.4 is 5.56 Å². The third-order valence-electron chi connectivity index (χ3n) is 5.92. The Morgan fingerprint density at radius 3 is 2.79 bits per heavy atom. The fraction of sp³-hybridized carbons (Fsp3) is 0.286. The molecular formula is C21H17ClN2O5. The van der Waals surface area contributed by atoms with Crippen LogP contribution in [-0.2, 0) is 34.2 Å². The van der Waals surface area contributed by atoms with Gasteiger partial charge in [-0.3, -0.25) is 4.79 Å². The fourth-order valence-electron chi connectivity index (χ4n) is 4.30. The van der Waals surface area contributed by atoms with Crippen molar-refractivity contribution >= 4 is 28.5 Å². The molecule has 3 aromatic rings. The molecule has 0 radical (unpaired) electrons. The summed E-state index contributed by atoms with van der Waals surface area (Å²) in [5.74, 6) is -0.454. The number of fused-ring (bicyclic) bond motifs is 5. The zero-order chi connectivity index (χ0) is 20.5. The molecule has 2 aromatic heterocycles. The molecule has 29 heavy (non-hydrogen) atoms. The van der Waals surface area contributed by atoms with E-state index in [4.69, 9.17) is 21.3 Å². The third-order valence-corrected chi connectivity index (χ3v) is 6.19. The van der Waals surface area contributed by atoms with Crippen LogP contribution in [0.3, 0.4) is 0 Å². The summed E-state index contributed by atoms with van der Waals surface area (Å²) in [4.78, 5) is 30.1. The lowest BCUT2D eigenvalue weighted by molar-refractivity contribution is -0.172. The number of rotatable bonds is 2. The number of benzene rings is 1. The number of cyclic esters (lactones) is 1. The first-order valence-electron chi connectivity index (χ1n) is 9.26. The number of alkyl halides is 1. The molecule has 4 heterocycles. The van der Waals surface area contributed by atoms with Gasteiger partial charge in [0.25, 0.3) is 5.56 Å². The molecule has 1 aromatic carbocycles. The Bertz CT molecular complexity index is 1280. The number of esters is 1. The largest absolute Gasteiger partial charge is 0.508 e. The van der Waals surface area contributed by atoms with Crippen LogP contribution in [0.2, 0.25) is 0 Å². The summed E-state index contributed by atoms with van der Waals surface area (Å²) in [6.45, 7) is 1.77. The molecular weight excluding hydrogens is 396 g/mol. The van der Waals surface area contributed by atoms with Crippen LogP contribution in [-0.4, -0.2) is 25.7 Å². The van der Waals surface area contributed by atoms with Gasteiger partial charge in [-0.2, -0.15) is 0 Å². The summed E-state index contributed by atoms with van der Waals surface area (Å²) < 4.78 is 6.65. The van der Waals surface area contributed by atoms with Gasteiger partial charge in [0.15, 0.2) is 5.60 Å². The summed E-state index contributed by atoms with van der Waals surface area (Å²) in [5, 5.41) is 21.5. The minimum Gasteiger partial charge on any atom is -0.508 e. The predicted octanol–water partition coefficient (Wildman–Crippen LogP) is 2.52. The molecule has 0 fully saturated rings. The Kier molecular flexibility index (Phi) is 3.78. The Labute approximate surface area is 170 Å². The average molecular weight is 413 g/mol. The molecule has 0 unspecified atom stereocenters. The van der Waals surface area contributed by atoms with E-state index < -0.39 is 11.6 Å². The lowest BCUT2D eigenvalue weighted by atomic mass is 9.86. The standard InChI is InChI=1S/C21H17ClN2O5/c1-2-21(28)15-6-17-18-13(8-24(17)19(26)14(15)9-29-20(21)27)12(7-22)11-5-10(25)3-4-16(11)23-18/h3-6,25,28H,2,7-9H2,1H3/t21-/m0/s1. The van der Waals surface area contributed by atoms with E-state index >= 15 is 0 Å². The molecule has 0 amide bonds. The second-order valence-electron chi connectivity index (χ2n) is 7.36. The van der Waals surface area contributed by atoms with Gasteiger partial charge in [-0.05, 0) is 36.2 Å². The first kappa shape index (κ1) is 18.1. The highest BCUT2D eigenvalue weighted by atomic mass is 35.5. The number of aromatic hydroxyl groups is 1. The van der Waals surface area contributed by atoms with Crippen molar-refractivity contribution in [1.82, 2.24) is 9.55 Å². The van der Waals surface area contributed by atoms with Crippen LogP contribution in [0.4, 0.5) is 0 Å². The minimum atomic E-state index is -1.86. The van der Waals surface area contributed by atoms with Crippen molar-refractivity contribution < 1.29 is 19.7 Å². The van der Waals surface area contributed by atoms with Gasteiger partial charge in [-0.1, -0.05) is 6.92 Å². The lowest BCUT2D eigenvalue weighted by Gasteiger charge is -2.31. The summed E-state index contributed by atoms with van der Waals surface area (Å²) in [7, 11) is 0. The van der Waals surface area contributed by atoms with Gasteiger partial charge >= 0.3 is 5.97 Å². The molecule has 0 bridgehead atoms. The molecule has 5 rings (SSSR count). The van der Waals surface area contributed by atoms with Crippen molar-refractivity contribution in [2.75, 3.05) is 0 Å². The van der Waals surface area contributed by atoms with Crippen molar-refractivity contribution in [1.29, 1.82) is 0 Å². The Morgan fingerprint density at radius 1 is 1.28 bits per heavy atom. The molecule has 148 valence electrons. The molecule has 8 heteroatoms. The van der Waals surface area contributed by atoms with Crippen molar-refractivity contribution in [3.05, 3.63) is 56.9 Å². The van der Waals surface area contributed by atoms with Gasteiger partial charge in [0.2, 0.25) is 0 Å². The van der Waals surface area contributed by atoms with E-state index in [1.165, 1.54) is 0 Å². The van der Waals surface area contributed by atoms with Gasteiger partial charge in [0, 0.05) is 22.4 Å². The second kappa shape index (κ2) is 6.05. The number of carbonyl (C=O) groups excluding carboxylic acids is 1. The molecule has 7 nitrogen and oxygen atoms in total. The molecule has 2 aliphatic heterocycles. The third kappa shape index (κ3) is 2.31.